The van der Waals surface area contributed by atoms with Gasteiger partial charge in [0.15, 0.2) is 0 Å². The normalized spacial score (nSPS) is 18.0. The predicted octanol–water partition coefficient (Wildman–Crippen LogP) is 2.41. The van der Waals surface area contributed by atoms with Crippen molar-refractivity contribution >= 4 is 23.0 Å². The number of cyclic esters (lactones) is 1. The Labute approximate surface area is 126 Å². The molecule has 0 unspecified atom stereocenters. The fourth-order valence-corrected chi connectivity index (χ4v) is 2.50. The van der Waals surface area contributed by atoms with Crippen molar-refractivity contribution in [2.45, 2.75) is 19.9 Å². The van der Waals surface area contributed by atoms with E-state index in [1.165, 1.54) is 6.07 Å². The minimum absolute atomic E-state index is 0.0305. The highest BCUT2D eigenvalue weighted by atomic mass is 16.6. The number of ether oxygens (including phenoxy) is 1. The second kappa shape index (κ2) is 5.29. The molecule has 1 fully saturated rings. The molecule has 1 aromatic carbocycles. The van der Waals surface area contributed by atoms with Crippen molar-refractivity contribution in [1.29, 1.82) is 0 Å². The highest BCUT2D eigenvalue weighted by Crippen LogP contribution is 2.22. The van der Waals surface area contributed by atoms with Crippen molar-refractivity contribution in [1.82, 2.24) is 4.90 Å². The molecule has 1 aromatic heterocycles. The molecule has 3 rings (SSSR count). The average Bonchev–Trinajstić information content (AvgIpc) is 2.88. The third kappa shape index (κ3) is 2.26. The van der Waals surface area contributed by atoms with E-state index in [4.69, 9.17) is 9.15 Å². The summed E-state index contributed by atoms with van der Waals surface area (Å²) in [5.74, 6) is -0.649. The smallest absolute Gasteiger partial charge is 0.417 e. The number of para-hydroxylation sites is 1. The number of amides is 2. The van der Waals surface area contributed by atoms with E-state index in [0.717, 1.165) is 4.90 Å². The van der Waals surface area contributed by atoms with E-state index in [9.17, 15) is 14.4 Å². The lowest BCUT2D eigenvalue weighted by Crippen LogP contribution is -2.43. The van der Waals surface area contributed by atoms with Crippen molar-refractivity contribution in [3.63, 3.8) is 0 Å². The van der Waals surface area contributed by atoms with E-state index in [-0.39, 0.29) is 24.1 Å². The Hall–Kier alpha value is -2.63. The standard InChI is InChI=1S/C16H15NO5/c1-9(2)12-8-21-16(20)17(12)14(18)11-7-10-5-3-4-6-13(10)22-15(11)19/h3-7,9,12H,8H2,1-2H3/t12-/m1/s1. The van der Waals surface area contributed by atoms with Crippen LogP contribution in [0, 0.1) is 5.92 Å². The van der Waals surface area contributed by atoms with Crippen LogP contribution < -0.4 is 5.63 Å². The Bertz CT molecular complexity index is 808. The van der Waals surface area contributed by atoms with Gasteiger partial charge in [0.05, 0.1) is 6.04 Å². The first-order valence-electron chi connectivity index (χ1n) is 7.02. The summed E-state index contributed by atoms with van der Waals surface area (Å²) in [5, 5.41) is 0.624. The van der Waals surface area contributed by atoms with Crippen LogP contribution in [0.15, 0.2) is 39.5 Å². The number of imide groups is 1. The van der Waals surface area contributed by atoms with Gasteiger partial charge in [-0.25, -0.2) is 14.5 Å². The van der Waals surface area contributed by atoms with Gasteiger partial charge in [0, 0.05) is 5.39 Å². The number of hydrogen-bond donors (Lipinski definition) is 0. The summed E-state index contributed by atoms with van der Waals surface area (Å²) in [5.41, 5.74) is -0.525. The molecule has 0 N–H and O–H groups in total. The maximum absolute atomic E-state index is 12.6. The van der Waals surface area contributed by atoms with Crippen LogP contribution >= 0.6 is 0 Å². The Kier molecular flexibility index (Phi) is 3.44. The maximum Gasteiger partial charge on any atom is 0.417 e. The molecule has 1 atom stereocenters. The van der Waals surface area contributed by atoms with Crippen LogP contribution in [-0.2, 0) is 4.74 Å². The molecule has 0 bridgehead atoms. The molecule has 0 spiro atoms. The first kappa shape index (κ1) is 14.3. The number of benzene rings is 1. The lowest BCUT2D eigenvalue weighted by atomic mass is 10.0. The molecule has 0 radical (unpaired) electrons. The minimum atomic E-state index is -0.758. The van der Waals surface area contributed by atoms with Gasteiger partial charge in [0.1, 0.15) is 17.8 Å². The highest BCUT2D eigenvalue weighted by Gasteiger charge is 2.41. The van der Waals surface area contributed by atoms with E-state index < -0.39 is 17.6 Å². The van der Waals surface area contributed by atoms with E-state index >= 15 is 0 Å². The van der Waals surface area contributed by atoms with E-state index in [2.05, 4.69) is 0 Å². The SMILES string of the molecule is CC(C)[C@H]1COC(=O)N1C(=O)c1cc2ccccc2oc1=O. The van der Waals surface area contributed by atoms with Crippen LogP contribution in [0.25, 0.3) is 11.0 Å². The average molecular weight is 301 g/mol. The number of carbonyl (C=O) groups excluding carboxylic acids is 2. The third-order valence-corrected chi connectivity index (χ3v) is 3.77. The molecular weight excluding hydrogens is 286 g/mol. The summed E-state index contributed by atoms with van der Waals surface area (Å²) in [4.78, 5) is 37.5. The van der Waals surface area contributed by atoms with Gasteiger partial charge in [-0.15, -0.1) is 0 Å². The van der Waals surface area contributed by atoms with Crippen LogP contribution in [0.4, 0.5) is 4.79 Å². The van der Waals surface area contributed by atoms with Crippen molar-refractivity contribution < 1.29 is 18.7 Å². The van der Waals surface area contributed by atoms with Crippen molar-refractivity contribution in [2.75, 3.05) is 6.61 Å². The molecule has 6 nitrogen and oxygen atoms in total. The summed E-state index contributed by atoms with van der Waals surface area (Å²) in [7, 11) is 0. The molecule has 22 heavy (non-hydrogen) atoms. The maximum atomic E-state index is 12.6. The Morgan fingerprint density at radius 1 is 1.27 bits per heavy atom. The van der Waals surface area contributed by atoms with Crippen LogP contribution in [0.1, 0.15) is 24.2 Å². The zero-order valence-electron chi connectivity index (χ0n) is 12.2. The molecule has 6 heteroatoms. The van der Waals surface area contributed by atoms with Gasteiger partial charge >= 0.3 is 11.7 Å². The van der Waals surface area contributed by atoms with Gasteiger partial charge in [-0.3, -0.25) is 4.79 Å². The van der Waals surface area contributed by atoms with Crippen LogP contribution in [0.2, 0.25) is 0 Å². The topological polar surface area (TPSA) is 76.8 Å². The minimum Gasteiger partial charge on any atom is -0.447 e. The summed E-state index contributed by atoms with van der Waals surface area (Å²) in [6.45, 7) is 3.91. The zero-order chi connectivity index (χ0) is 15.9. The molecule has 2 aromatic rings. The fraction of sp³-hybridized carbons (Fsp3) is 0.312. The molecule has 1 aliphatic rings. The second-order valence-corrected chi connectivity index (χ2v) is 5.55. The quantitative estimate of drug-likeness (QED) is 0.796. The Balaban J connectivity index is 2.06. The molecule has 0 aliphatic carbocycles. The van der Waals surface area contributed by atoms with Gasteiger partial charge in [0.2, 0.25) is 0 Å². The van der Waals surface area contributed by atoms with Crippen molar-refractivity contribution in [3.8, 4) is 0 Å². The van der Waals surface area contributed by atoms with Gasteiger partial charge in [-0.05, 0) is 18.1 Å². The number of hydrogen-bond acceptors (Lipinski definition) is 5. The second-order valence-electron chi connectivity index (χ2n) is 5.55. The van der Waals surface area contributed by atoms with Gasteiger partial charge in [0.25, 0.3) is 5.91 Å². The first-order chi connectivity index (χ1) is 10.5. The third-order valence-electron chi connectivity index (χ3n) is 3.77. The molecule has 2 amide bonds. The lowest BCUT2D eigenvalue weighted by Gasteiger charge is -2.22. The van der Waals surface area contributed by atoms with Crippen LogP contribution in [0.5, 0.6) is 0 Å². The molecule has 0 saturated carbocycles. The summed E-state index contributed by atoms with van der Waals surface area (Å²) in [6, 6.07) is 7.96. The predicted molar refractivity (Wildman–Crippen MR) is 78.6 cm³/mol. The van der Waals surface area contributed by atoms with E-state index in [1.54, 1.807) is 24.3 Å². The fourth-order valence-electron chi connectivity index (χ4n) is 2.50. The summed E-state index contributed by atoms with van der Waals surface area (Å²) in [6.07, 6.45) is -0.726. The Morgan fingerprint density at radius 3 is 2.73 bits per heavy atom. The van der Waals surface area contributed by atoms with E-state index in [0.29, 0.717) is 11.0 Å². The molecule has 2 heterocycles. The molecule has 1 saturated heterocycles. The van der Waals surface area contributed by atoms with Gasteiger partial charge in [-0.1, -0.05) is 32.0 Å². The lowest BCUT2D eigenvalue weighted by molar-refractivity contribution is 0.0748. The van der Waals surface area contributed by atoms with Crippen molar-refractivity contribution in [2.24, 2.45) is 5.92 Å². The highest BCUT2D eigenvalue weighted by molar-refractivity contribution is 6.05. The number of carbonyl (C=O) groups is 2. The number of fused-ring (bicyclic) bond motifs is 1. The monoisotopic (exact) mass is 301 g/mol. The van der Waals surface area contributed by atoms with Gasteiger partial charge in [-0.2, -0.15) is 0 Å². The zero-order valence-corrected chi connectivity index (χ0v) is 12.2. The molecular formula is C16H15NO5. The van der Waals surface area contributed by atoms with Crippen LogP contribution in [-0.4, -0.2) is 29.5 Å². The number of nitrogens with zero attached hydrogens (tertiary/aromatic N) is 1. The number of rotatable bonds is 2. The Morgan fingerprint density at radius 2 is 2.00 bits per heavy atom. The largest absolute Gasteiger partial charge is 0.447 e. The first-order valence-corrected chi connectivity index (χ1v) is 7.02. The van der Waals surface area contributed by atoms with E-state index in [1.807, 2.05) is 13.8 Å². The van der Waals surface area contributed by atoms with Crippen molar-refractivity contribution in [3.05, 3.63) is 46.3 Å². The summed E-state index contributed by atoms with van der Waals surface area (Å²) < 4.78 is 10.1. The summed E-state index contributed by atoms with van der Waals surface area (Å²) >= 11 is 0. The molecule has 114 valence electrons. The van der Waals surface area contributed by atoms with Gasteiger partial charge < -0.3 is 9.15 Å². The van der Waals surface area contributed by atoms with Crippen LogP contribution in [0.3, 0.4) is 0 Å². The molecule has 1 aliphatic heterocycles.